The van der Waals surface area contributed by atoms with Crippen LogP contribution < -0.4 is 0 Å². The quantitative estimate of drug-likeness (QED) is 0.375. The third-order valence-corrected chi connectivity index (χ3v) is 10.1. The number of allylic oxidation sites excluding steroid dienone is 1. The summed E-state index contributed by atoms with van der Waals surface area (Å²) in [5.74, 6) is -3.03. The van der Waals surface area contributed by atoms with Crippen molar-refractivity contribution in [3.8, 4) is 0 Å². The molecular formula is C31H38O8. The molecule has 0 radical (unpaired) electrons. The summed E-state index contributed by atoms with van der Waals surface area (Å²) in [5, 5.41) is 0. The van der Waals surface area contributed by atoms with E-state index in [0.29, 0.717) is 12.8 Å². The number of furan rings is 1. The van der Waals surface area contributed by atoms with Crippen molar-refractivity contribution < 1.29 is 37.8 Å². The van der Waals surface area contributed by atoms with Gasteiger partial charge >= 0.3 is 17.9 Å². The number of Topliss-reactive ketones (excluding diaryl/α,β-unsaturated/α-hetero) is 1. The fourth-order valence-corrected chi connectivity index (χ4v) is 7.94. The van der Waals surface area contributed by atoms with Crippen molar-refractivity contribution in [1.82, 2.24) is 0 Å². The van der Waals surface area contributed by atoms with Crippen LogP contribution in [0.15, 0.2) is 46.3 Å². The molecule has 8 heteroatoms. The van der Waals surface area contributed by atoms with Crippen molar-refractivity contribution in [2.45, 2.75) is 73.0 Å². The van der Waals surface area contributed by atoms with Gasteiger partial charge in [-0.15, -0.1) is 0 Å². The standard InChI is InChI=1S/C31H38O8/c1-16(2)28(35)39-27-19-12-18-20(31(6,25(19)34)22(29(27,3)4)14-23(32)36-7)8-10-30(5)21(18)13-24(33)38-26(30)17-9-11-37-15-17/h9,11-13,15-16,19-20,22,26-27H,8,10,14H2,1-7H3. The lowest BCUT2D eigenvalue weighted by Crippen LogP contribution is -2.66. The zero-order valence-corrected chi connectivity index (χ0v) is 23.7. The topological polar surface area (TPSA) is 109 Å². The highest BCUT2D eigenvalue weighted by Crippen LogP contribution is 2.67. The van der Waals surface area contributed by atoms with Crippen LogP contribution >= 0.6 is 0 Å². The third kappa shape index (κ3) is 3.93. The Labute approximate surface area is 229 Å². The van der Waals surface area contributed by atoms with Gasteiger partial charge in [0, 0.05) is 34.3 Å². The van der Waals surface area contributed by atoms with Crippen molar-refractivity contribution in [1.29, 1.82) is 0 Å². The van der Waals surface area contributed by atoms with Crippen LogP contribution in [0.1, 0.15) is 72.5 Å². The van der Waals surface area contributed by atoms with Crippen LogP contribution in [0.25, 0.3) is 0 Å². The van der Waals surface area contributed by atoms with E-state index in [1.54, 1.807) is 32.4 Å². The number of rotatable bonds is 5. The predicted octanol–water partition coefficient (Wildman–Crippen LogP) is 5.14. The van der Waals surface area contributed by atoms with E-state index in [1.165, 1.54) is 7.11 Å². The molecule has 0 N–H and O–H groups in total. The van der Waals surface area contributed by atoms with Crippen LogP contribution in [-0.2, 0) is 33.4 Å². The lowest BCUT2D eigenvalue weighted by Gasteiger charge is -2.62. The maximum atomic E-state index is 14.4. The van der Waals surface area contributed by atoms with E-state index in [9.17, 15) is 19.2 Å². The number of ether oxygens (including phenoxy) is 3. The Morgan fingerprint density at radius 2 is 1.87 bits per heavy atom. The minimum absolute atomic E-state index is 0.0218. The van der Waals surface area contributed by atoms with Crippen LogP contribution in [0.4, 0.5) is 0 Å². The number of esters is 3. The Morgan fingerprint density at radius 1 is 1.15 bits per heavy atom. The summed E-state index contributed by atoms with van der Waals surface area (Å²) >= 11 is 0. The van der Waals surface area contributed by atoms with Gasteiger partial charge in [0.1, 0.15) is 18.0 Å². The monoisotopic (exact) mass is 538 g/mol. The third-order valence-electron chi connectivity index (χ3n) is 10.1. The van der Waals surface area contributed by atoms with Gasteiger partial charge in [-0.1, -0.05) is 47.6 Å². The summed E-state index contributed by atoms with van der Waals surface area (Å²) < 4.78 is 22.3. The average molecular weight is 539 g/mol. The molecule has 2 bridgehead atoms. The van der Waals surface area contributed by atoms with Crippen molar-refractivity contribution in [2.24, 2.45) is 39.9 Å². The molecule has 0 amide bonds. The summed E-state index contributed by atoms with van der Waals surface area (Å²) in [6.45, 7) is 11.5. The number of fused-ring (bicyclic) bond motifs is 6. The molecule has 0 aromatic carbocycles. The molecule has 4 aliphatic rings. The Kier molecular flexibility index (Phi) is 6.47. The first kappa shape index (κ1) is 27.4. The SMILES string of the molecule is COC(=O)CC1C(C)(C)C(OC(=O)C(C)C)C2C=C3C4=CC(=O)OC(c5ccoc5)C4(C)CCC3C1(C)C2=O. The molecule has 8 nitrogen and oxygen atoms in total. The van der Waals surface area contributed by atoms with Crippen molar-refractivity contribution in [3.05, 3.63) is 47.5 Å². The van der Waals surface area contributed by atoms with Gasteiger partial charge in [-0.2, -0.15) is 0 Å². The molecular weight excluding hydrogens is 500 g/mol. The minimum Gasteiger partial charge on any atom is -0.472 e. The second-order valence-corrected chi connectivity index (χ2v) is 12.9. The van der Waals surface area contributed by atoms with Crippen LogP contribution in [-0.4, -0.2) is 36.9 Å². The van der Waals surface area contributed by atoms with Gasteiger partial charge in [-0.3, -0.25) is 14.4 Å². The molecule has 5 rings (SSSR count). The Hall–Kier alpha value is -3.16. The molecule has 1 aromatic heterocycles. The summed E-state index contributed by atoms with van der Waals surface area (Å²) in [6.07, 6.45) is 6.72. The first-order valence-electron chi connectivity index (χ1n) is 13.7. The fourth-order valence-electron chi connectivity index (χ4n) is 7.94. The molecule has 2 fully saturated rings. The highest BCUT2D eigenvalue weighted by molar-refractivity contribution is 5.95. The predicted molar refractivity (Wildman–Crippen MR) is 140 cm³/mol. The number of cyclic esters (lactones) is 1. The largest absolute Gasteiger partial charge is 0.472 e. The molecule has 39 heavy (non-hydrogen) atoms. The number of hydrogen-bond acceptors (Lipinski definition) is 8. The smallest absolute Gasteiger partial charge is 0.331 e. The molecule has 7 unspecified atom stereocenters. The minimum atomic E-state index is -0.929. The highest BCUT2D eigenvalue weighted by Gasteiger charge is 2.68. The van der Waals surface area contributed by atoms with Crippen LogP contribution in [0.3, 0.4) is 0 Å². The highest BCUT2D eigenvalue weighted by atomic mass is 16.6. The van der Waals surface area contributed by atoms with Crippen molar-refractivity contribution in [3.63, 3.8) is 0 Å². The molecule has 0 saturated heterocycles. The lowest BCUT2D eigenvalue weighted by atomic mass is 9.41. The van der Waals surface area contributed by atoms with E-state index < -0.39 is 58.2 Å². The van der Waals surface area contributed by atoms with Gasteiger partial charge < -0.3 is 18.6 Å². The number of ketones is 1. The number of carbonyl (C=O) groups excluding carboxylic acids is 4. The number of methoxy groups -OCH3 is 1. The molecule has 1 aliphatic heterocycles. The van der Waals surface area contributed by atoms with E-state index in [-0.39, 0.29) is 24.0 Å². The van der Waals surface area contributed by atoms with Crippen LogP contribution in [0, 0.1) is 39.9 Å². The maximum absolute atomic E-state index is 14.4. The molecule has 1 aromatic rings. The van der Waals surface area contributed by atoms with Gasteiger partial charge in [0.05, 0.1) is 31.5 Å². The van der Waals surface area contributed by atoms with Gasteiger partial charge in [0.2, 0.25) is 0 Å². The number of carbonyl (C=O) groups is 4. The van der Waals surface area contributed by atoms with Crippen molar-refractivity contribution in [2.75, 3.05) is 7.11 Å². The van der Waals surface area contributed by atoms with Crippen LogP contribution in [0.2, 0.25) is 0 Å². The molecule has 2 heterocycles. The van der Waals surface area contributed by atoms with Gasteiger partial charge in [0.15, 0.2) is 0 Å². The van der Waals surface area contributed by atoms with Crippen molar-refractivity contribution >= 4 is 23.7 Å². The summed E-state index contributed by atoms with van der Waals surface area (Å²) in [4.78, 5) is 52.9. The first-order chi connectivity index (χ1) is 18.3. The zero-order valence-electron chi connectivity index (χ0n) is 23.7. The van der Waals surface area contributed by atoms with Gasteiger partial charge in [-0.25, -0.2) is 4.79 Å². The molecule has 210 valence electrons. The molecule has 3 aliphatic carbocycles. The van der Waals surface area contributed by atoms with E-state index in [1.807, 2.05) is 32.9 Å². The summed E-state index contributed by atoms with van der Waals surface area (Å²) in [7, 11) is 1.34. The van der Waals surface area contributed by atoms with E-state index in [2.05, 4.69) is 6.92 Å². The second kappa shape index (κ2) is 9.20. The van der Waals surface area contributed by atoms with E-state index in [4.69, 9.17) is 18.6 Å². The Morgan fingerprint density at radius 3 is 2.49 bits per heavy atom. The second-order valence-electron chi connectivity index (χ2n) is 12.9. The van der Waals surface area contributed by atoms with Gasteiger partial charge in [0.25, 0.3) is 0 Å². The Bertz CT molecular complexity index is 1270. The molecule has 0 spiro atoms. The summed E-state index contributed by atoms with van der Waals surface area (Å²) in [6, 6.07) is 1.81. The molecule has 2 saturated carbocycles. The summed E-state index contributed by atoms with van der Waals surface area (Å²) in [5.41, 5.74) is 0.369. The normalized spacial score (nSPS) is 36.7. The molecule has 7 atom stereocenters. The van der Waals surface area contributed by atoms with E-state index >= 15 is 0 Å². The van der Waals surface area contributed by atoms with Crippen LogP contribution in [0.5, 0.6) is 0 Å². The maximum Gasteiger partial charge on any atom is 0.331 e. The lowest BCUT2D eigenvalue weighted by molar-refractivity contribution is -0.193. The average Bonchev–Trinajstić information content (AvgIpc) is 3.41. The fraction of sp³-hybridized carbons (Fsp3) is 0.613. The number of hydrogen-bond donors (Lipinski definition) is 0. The van der Waals surface area contributed by atoms with Gasteiger partial charge in [-0.05, 0) is 41.9 Å². The first-order valence-corrected chi connectivity index (χ1v) is 13.7. The Balaban J connectivity index is 1.69. The zero-order chi connectivity index (χ0) is 28.5. The van der Waals surface area contributed by atoms with E-state index in [0.717, 1.165) is 16.7 Å².